The number of hydrogen-bond acceptors (Lipinski definition) is 4. The molecule has 284 valence electrons. The number of nitrogens with zero attached hydrogens (tertiary/aromatic N) is 4. The molecule has 0 saturated heterocycles. The van der Waals surface area contributed by atoms with E-state index in [1.807, 2.05) is 0 Å². The second-order valence-electron chi connectivity index (χ2n) is 13.9. The molecular weight excluding hydrogens is 776 g/mol. The summed E-state index contributed by atoms with van der Waals surface area (Å²) in [6.07, 6.45) is 0. The van der Waals surface area contributed by atoms with Crippen LogP contribution in [0.15, 0.2) is 182 Å². The Hall–Kier alpha value is -3.84. The van der Waals surface area contributed by atoms with Crippen LogP contribution in [0.5, 0.6) is 0 Å². The fraction of sp³-hybridized carbons (Fsp3) is 0.250. The van der Waals surface area contributed by atoms with Gasteiger partial charge in [-0.1, -0.05) is 182 Å². The molecule has 0 unspecified atom stereocenters. The molecular formula is C48H54BrCuN4. The van der Waals surface area contributed by atoms with Gasteiger partial charge in [0, 0.05) is 78.5 Å². The Morgan fingerprint density at radius 2 is 0.389 bits per heavy atom. The summed E-state index contributed by atoms with van der Waals surface area (Å²) in [7, 11) is 0. The van der Waals surface area contributed by atoms with E-state index >= 15 is 0 Å². The van der Waals surface area contributed by atoms with Crippen molar-refractivity contribution in [3.8, 4) is 0 Å². The molecule has 0 heterocycles. The van der Waals surface area contributed by atoms with Crippen LogP contribution in [0.1, 0.15) is 33.4 Å². The summed E-state index contributed by atoms with van der Waals surface area (Å²) in [5, 5.41) is 0. The summed E-state index contributed by atoms with van der Waals surface area (Å²) in [6, 6.07) is 65.6. The summed E-state index contributed by atoms with van der Waals surface area (Å²) in [6.45, 7) is 11.6. The minimum absolute atomic E-state index is 0.936. The zero-order valence-electron chi connectivity index (χ0n) is 31.3. The van der Waals surface area contributed by atoms with Gasteiger partial charge in [0.1, 0.15) is 0 Å². The van der Waals surface area contributed by atoms with Gasteiger partial charge in [0.15, 0.2) is 0 Å². The maximum Gasteiger partial charge on any atom is 0.0237 e. The van der Waals surface area contributed by atoms with Crippen LogP contribution in [-0.2, 0) is 53.5 Å². The van der Waals surface area contributed by atoms with Crippen LogP contribution in [0.3, 0.4) is 0 Å². The third-order valence-electron chi connectivity index (χ3n) is 9.69. The standard InChI is InChI=1S/C48H54N4.BrH.Cu/c1-7-19-43(20-8-1)37-50(38-44-21-9-2-10-22-44)34-31-49(32-35-51(39-45-23-11-3-12-24-45)40-46-25-13-4-14-26-46)33-36-52(41-47-27-15-5-16-28-47)42-48-29-17-6-18-30-48;;/h1-30H,31-42H2;1H;/q;;+1/p-1. The van der Waals surface area contributed by atoms with Crippen LogP contribution < -0.4 is 0 Å². The molecule has 6 aromatic carbocycles. The molecule has 0 spiro atoms. The Morgan fingerprint density at radius 3 is 0.556 bits per heavy atom. The van der Waals surface area contributed by atoms with Gasteiger partial charge < -0.3 is 0 Å². The first kappa shape index (κ1) is 41.3. The molecule has 0 aliphatic heterocycles. The van der Waals surface area contributed by atoms with Crippen LogP contribution in [0.4, 0.5) is 0 Å². The summed E-state index contributed by atoms with van der Waals surface area (Å²) in [5.41, 5.74) is 8.16. The van der Waals surface area contributed by atoms with E-state index in [2.05, 4.69) is 230 Å². The third kappa shape index (κ3) is 15.5. The second-order valence-corrected chi connectivity index (χ2v) is 13.9. The molecule has 0 aliphatic carbocycles. The average Bonchev–Trinajstić information content (AvgIpc) is 3.23. The predicted molar refractivity (Wildman–Crippen MR) is 226 cm³/mol. The molecule has 0 saturated carbocycles. The first-order valence-corrected chi connectivity index (χ1v) is 21.3. The molecule has 54 heavy (non-hydrogen) atoms. The summed E-state index contributed by atoms with van der Waals surface area (Å²) < 4.78 is 0. The summed E-state index contributed by atoms with van der Waals surface area (Å²) in [4.78, 5) is 10.6. The minimum atomic E-state index is 0.936. The zero-order chi connectivity index (χ0) is 37.5. The molecule has 0 N–H and O–H groups in total. The third-order valence-corrected chi connectivity index (χ3v) is 9.69. The van der Waals surface area contributed by atoms with Gasteiger partial charge in [-0.2, -0.15) is 0 Å². The van der Waals surface area contributed by atoms with Crippen LogP contribution in [0.25, 0.3) is 0 Å². The van der Waals surface area contributed by atoms with Crippen LogP contribution in [0.2, 0.25) is 0 Å². The predicted octanol–water partition coefficient (Wildman–Crippen LogP) is 10.2. The van der Waals surface area contributed by atoms with E-state index in [4.69, 9.17) is 0 Å². The van der Waals surface area contributed by atoms with Gasteiger partial charge in [-0.05, 0) is 33.4 Å². The van der Waals surface area contributed by atoms with E-state index in [9.17, 15) is 0 Å². The van der Waals surface area contributed by atoms with E-state index in [1.165, 1.54) is 33.4 Å². The van der Waals surface area contributed by atoms with Crippen molar-refractivity contribution >= 4 is 14.1 Å². The van der Waals surface area contributed by atoms with Crippen LogP contribution >= 0.6 is 14.1 Å². The van der Waals surface area contributed by atoms with Gasteiger partial charge in [-0.15, -0.1) is 0 Å². The van der Waals surface area contributed by atoms with E-state index in [-0.39, 0.29) is 0 Å². The SMILES string of the molecule is [Cu][Br].c1ccc(CN(CCN(CCN(Cc2ccccc2)Cc2ccccc2)CCN(Cc2ccccc2)Cc2ccccc2)Cc2ccccc2)cc1. The molecule has 0 radical (unpaired) electrons. The molecule has 0 atom stereocenters. The molecule has 6 rings (SSSR count). The van der Waals surface area contributed by atoms with Crippen molar-refractivity contribution in [2.24, 2.45) is 0 Å². The first-order valence-electron chi connectivity index (χ1n) is 19.0. The van der Waals surface area contributed by atoms with Crippen molar-refractivity contribution in [2.75, 3.05) is 39.3 Å². The monoisotopic (exact) mass is 828 g/mol. The van der Waals surface area contributed by atoms with Gasteiger partial charge in [-0.3, -0.25) is 19.6 Å². The average molecular weight is 830 g/mol. The molecule has 0 aromatic heterocycles. The van der Waals surface area contributed by atoms with Crippen molar-refractivity contribution in [3.05, 3.63) is 215 Å². The van der Waals surface area contributed by atoms with Gasteiger partial charge in [0.25, 0.3) is 0 Å². The van der Waals surface area contributed by atoms with Gasteiger partial charge >= 0.3 is 28.3 Å². The van der Waals surface area contributed by atoms with Crippen molar-refractivity contribution in [2.45, 2.75) is 39.3 Å². The molecule has 6 aromatic rings. The van der Waals surface area contributed by atoms with Gasteiger partial charge in [0.05, 0.1) is 0 Å². The Bertz CT molecular complexity index is 1460. The largest absolute Gasteiger partial charge is 0.300 e. The quantitative estimate of drug-likeness (QED) is 0.0670. The smallest absolute Gasteiger partial charge is 0.0237 e. The Labute approximate surface area is 340 Å². The summed E-state index contributed by atoms with van der Waals surface area (Å²) >= 11 is 6.50. The van der Waals surface area contributed by atoms with E-state index in [0.29, 0.717) is 0 Å². The van der Waals surface area contributed by atoms with Crippen molar-refractivity contribution in [1.29, 1.82) is 0 Å². The Balaban J connectivity index is 0.00000276. The maximum absolute atomic E-state index is 4.00. The van der Waals surface area contributed by atoms with E-state index in [1.54, 1.807) is 0 Å². The number of benzene rings is 6. The second kappa shape index (κ2) is 24.5. The zero-order valence-corrected chi connectivity index (χ0v) is 33.8. The number of rotatable bonds is 21. The number of hydrogen-bond donors (Lipinski definition) is 0. The van der Waals surface area contributed by atoms with Crippen LogP contribution in [0, 0.1) is 0 Å². The molecule has 6 heteroatoms. The minimum Gasteiger partial charge on any atom is -0.300 e. The molecule has 4 nitrogen and oxygen atoms in total. The van der Waals surface area contributed by atoms with Crippen LogP contribution in [-0.4, -0.2) is 58.9 Å². The molecule has 0 fully saturated rings. The normalized spacial score (nSPS) is 11.2. The molecule has 0 bridgehead atoms. The fourth-order valence-corrected chi connectivity index (χ4v) is 6.88. The van der Waals surface area contributed by atoms with E-state index < -0.39 is 0 Å². The summed E-state index contributed by atoms with van der Waals surface area (Å²) in [5.74, 6) is 0. The number of halogens is 1. The van der Waals surface area contributed by atoms with Crippen molar-refractivity contribution in [1.82, 2.24) is 19.6 Å². The Morgan fingerprint density at radius 1 is 0.241 bits per heavy atom. The van der Waals surface area contributed by atoms with E-state index in [0.717, 1.165) is 78.5 Å². The van der Waals surface area contributed by atoms with Gasteiger partial charge in [-0.25, -0.2) is 0 Å². The first-order chi connectivity index (χ1) is 26.7. The van der Waals surface area contributed by atoms with Crippen molar-refractivity contribution < 1.29 is 14.2 Å². The van der Waals surface area contributed by atoms with Gasteiger partial charge in [0.2, 0.25) is 0 Å². The molecule has 0 amide bonds. The Kier molecular flexibility index (Phi) is 18.8. The maximum atomic E-state index is 4.00. The molecule has 0 aliphatic rings. The fourth-order valence-electron chi connectivity index (χ4n) is 6.88. The van der Waals surface area contributed by atoms with Crippen molar-refractivity contribution in [3.63, 3.8) is 0 Å². The topological polar surface area (TPSA) is 13.0 Å².